The predicted molar refractivity (Wildman–Crippen MR) is 122 cm³/mol. The Morgan fingerprint density at radius 1 is 1.10 bits per heavy atom. The van der Waals surface area contributed by atoms with Gasteiger partial charge in [0.05, 0.1) is 12.9 Å². The molecule has 30 heavy (non-hydrogen) atoms. The second kappa shape index (κ2) is 10.3. The smallest absolute Gasteiger partial charge is 0.234 e. The summed E-state index contributed by atoms with van der Waals surface area (Å²) < 4.78 is 7.23. The van der Waals surface area contributed by atoms with Crippen LogP contribution in [0.1, 0.15) is 38.7 Å². The summed E-state index contributed by atoms with van der Waals surface area (Å²) in [6.07, 6.45) is 1.10. The number of hydrogen-bond acceptors (Lipinski definition) is 5. The molecule has 6 nitrogen and oxygen atoms in total. The fourth-order valence-corrected chi connectivity index (χ4v) is 3.89. The normalized spacial score (nSPS) is 11.9. The summed E-state index contributed by atoms with van der Waals surface area (Å²) in [4.78, 5) is 12.4. The van der Waals surface area contributed by atoms with Crippen LogP contribution in [0.15, 0.2) is 53.7 Å². The monoisotopic (exact) mass is 424 g/mol. The summed E-state index contributed by atoms with van der Waals surface area (Å²) in [7, 11) is 1.64. The van der Waals surface area contributed by atoms with Gasteiger partial charge in [0.2, 0.25) is 5.91 Å². The highest BCUT2D eigenvalue weighted by molar-refractivity contribution is 7.99. The van der Waals surface area contributed by atoms with Gasteiger partial charge in [-0.3, -0.25) is 4.79 Å². The van der Waals surface area contributed by atoms with Gasteiger partial charge in [0.25, 0.3) is 0 Å². The number of amides is 1. The Kier molecular flexibility index (Phi) is 7.52. The molecule has 3 aromatic rings. The highest BCUT2D eigenvalue weighted by atomic mass is 32.2. The number of carbonyl (C=O) groups excluding carboxylic acids is 1. The van der Waals surface area contributed by atoms with Crippen LogP contribution >= 0.6 is 11.8 Å². The number of aromatic nitrogens is 3. The third-order valence-corrected chi connectivity index (χ3v) is 6.06. The molecular formula is C23H28N4O2S. The first-order valence-electron chi connectivity index (χ1n) is 10.2. The number of carbonyl (C=O) groups is 1. The van der Waals surface area contributed by atoms with Gasteiger partial charge in [-0.05, 0) is 61.2 Å². The van der Waals surface area contributed by atoms with E-state index in [1.807, 2.05) is 47.9 Å². The average molecular weight is 425 g/mol. The van der Waals surface area contributed by atoms with E-state index in [4.69, 9.17) is 4.74 Å². The molecule has 0 aliphatic rings. The SMILES string of the molecule is CCC(C)c1ccc(NC(=O)CSc2nnc(-c3ccc(OC)cc3)n2CC)cc1. The fourth-order valence-electron chi connectivity index (χ4n) is 3.09. The van der Waals surface area contributed by atoms with Crippen molar-refractivity contribution in [3.63, 3.8) is 0 Å². The van der Waals surface area contributed by atoms with E-state index in [0.29, 0.717) is 5.92 Å². The second-order valence-electron chi connectivity index (χ2n) is 7.05. The van der Waals surface area contributed by atoms with Gasteiger partial charge < -0.3 is 14.6 Å². The zero-order chi connectivity index (χ0) is 21.5. The number of benzene rings is 2. The zero-order valence-corrected chi connectivity index (χ0v) is 18.7. The number of methoxy groups -OCH3 is 1. The standard InChI is InChI=1S/C23H28N4O2S/c1-5-16(3)17-7-11-19(12-8-17)24-21(28)15-30-23-26-25-22(27(23)6-2)18-9-13-20(29-4)14-10-18/h7-14,16H,5-6,15H2,1-4H3,(H,24,28). The summed E-state index contributed by atoms with van der Waals surface area (Å²) in [6.45, 7) is 7.13. The maximum absolute atomic E-state index is 12.4. The Bertz CT molecular complexity index is 968. The van der Waals surface area contributed by atoms with Gasteiger partial charge in [0.1, 0.15) is 5.75 Å². The summed E-state index contributed by atoms with van der Waals surface area (Å²) in [6, 6.07) is 15.8. The molecule has 0 aliphatic carbocycles. The lowest BCUT2D eigenvalue weighted by Gasteiger charge is -2.11. The van der Waals surface area contributed by atoms with E-state index < -0.39 is 0 Å². The maximum atomic E-state index is 12.4. The molecule has 1 heterocycles. The summed E-state index contributed by atoms with van der Waals surface area (Å²) in [5, 5.41) is 12.3. The van der Waals surface area contributed by atoms with E-state index in [1.54, 1.807) is 7.11 Å². The number of anilines is 1. The molecule has 0 aliphatic heterocycles. The van der Waals surface area contributed by atoms with E-state index in [9.17, 15) is 4.79 Å². The van der Waals surface area contributed by atoms with Crippen molar-refractivity contribution in [1.82, 2.24) is 14.8 Å². The van der Waals surface area contributed by atoms with Crippen LogP contribution in [-0.4, -0.2) is 33.5 Å². The minimum atomic E-state index is -0.0621. The van der Waals surface area contributed by atoms with Crippen molar-refractivity contribution in [2.75, 3.05) is 18.2 Å². The first-order chi connectivity index (χ1) is 14.5. The topological polar surface area (TPSA) is 69.0 Å². The molecule has 7 heteroatoms. The Morgan fingerprint density at radius 3 is 2.40 bits per heavy atom. The van der Waals surface area contributed by atoms with Crippen molar-refractivity contribution in [2.45, 2.75) is 44.8 Å². The summed E-state index contributed by atoms with van der Waals surface area (Å²) in [5.41, 5.74) is 3.05. The van der Waals surface area contributed by atoms with Gasteiger partial charge >= 0.3 is 0 Å². The van der Waals surface area contributed by atoms with Crippen molar-refractivity contribution in [2.24, 2.45) is 0 Å². The molecular weight excluding hydrogens is 396 g/mol. The van der Waals surface area contributed by atoms with Gasteiger partial charge in [-0.2, -0.15) is 0 Å². The molecule has 3 rings (SSSR count). The van der Waals surface area contributed by atoms with Crippen LogP contribution in [-0.2, 0) is 11.3 Å². The van der Waals surface area contributed by atoms with E-state index in [2.05, 4.69) is 41.5 Å². The number of hydrogen-bond donors (Lipinski definition) is 1. The summed E-state index contributed by atoms with van der Waals surface area (Å²) in [5.74, 6) is 2.31. The quantitative estimate of drug-likeness (QED) is 0.477. The molecule has 158 valence electrons. The van der Waals surface area contributed by atoms with E-state index in [-0.39, 0.29) is 11.7 Å². The van der Waals surface area contributed by atoms with Gasteiger partial charge in [0.15, 0.2) is 11.0 Å². The van der Waals surface area contributed by atoms with E-state index in [0.717, 1.165) is 40.9 Å². The number of nitrogens with zero attached hydrogens (tertiary/aromatic N) is 3. The highest BCUT2D eigenvalue weighted by Gasteiger charge is 2.15. The zero-order valence-electron chi connectivity index (χ0n) is 17.9. The maximum Gasteiger partial charge on any atom is 0.234 e. The lowest BCUT2D eigenvalue weighted by Crippen LogP contribution is -2.14. The van der Waals surface area contributed by atoms with E-state index in [1.165, 1.54) is 17.3 Å². The van der Waals surface area contributed by atoms with Gasteiger partial charge in [-0.1, -0.05) is 37.7 Å². The number of ether oxygens (including phenoxy) is 1. The molecule has 0 fully saturated rings. The number of rotatable bonds is 9. The molecule has 0 bridgehead atoms. The average Bonchev–Trinajstić information content (AvgIpc) is 3.20. The third kappa shape index (κ3) is 5.21. The van der Waals surface area contributed by atoms with Crippen LogP contribution in [0.3, 0.4) is 0 Å². The molecule has 1 unspecified atom stereocenters. The van der Waals surface area contributed by atoms with Crippen molar-refractivity contribution < 1.29 is 9.53 Å². The van der Waals surface area contributed by atoms with Crippen LogP contribution in [0.4, 0.5) is 5.69 Å². The van der Waals surface area contributed by atoms with Crippen molar-refractivity contribution >= 4 is 23.4 Å². The van der Waals surface area contributed by atoms with Gasteiger partial charge in [-0.25, -0.2) is 0 Å². The lowest BCUT2D eigenvalue weighted by molar-refractivity contribution is -0.113. The van der Waals surface area contributed by atoms with Crippen molar-refractivity contribution in [3.8, 4) is 17.1 Å². The minimum Gasteiger partial charge on any atom is -0.497 e. The lowest BCUT2D eigenvalue weighted by atomic mass is 9.99. The summed E-state index contributed by atoms with van der Waals surface area (Å²) >= 11 is 1.39. The van der Waals surface area contributed by atoms with E-state index >= 15 is 0 Å². The van der Waals surface area contributed by atoms with Crippen molar-refractivity contribution in [1.29, 1.82) is 0 Å². The fraction of sp³-hybridized carbons (Fsp3) is 0.348. The van der Waals surface area contributed by atoms with Gasteiger partial charge in [0, 0.05) is 17.8 Å². The Balaban J connectivity index is 1.62. The molecule has 1 amide bonds. The first-order valence-corrected chi connectivity index (χ1v) is 11.1. The highest BCUT2D eigenvalue weighted by Crippen LogP contribution is 2.26. The van der Waals surface area contributed by atoms with Crippen LogP contribution in [0.25, 0.3) is 11.4 Å². The molecule has 1 N–H and O–H groups in total. The van der Waals surface area contributed by atoms with Crippen LogP contribution in [0.5, 0.6) is 5.75 Å². The predicted octanol–water partition coefficient (Wildman–Crippen LogP) is 5.22. The minimum absolute atomic E-state index is 0.0621. The molecule has 0 spiro atoms. The molecule has 1 aromatic heterocycles. The number of nitrogens with one attached hydrogen (secondary N) is 1. The Hall–Kier alpha value is -2.80. The third-order valence-electron chi connectivity index (χ3n) is 5.09. The van der Waals surface area contributed by atoms with Crippen molar-refractivity contribution in [3.05, 3.63) is 54.1 Å². The molecule has 0 saturated carbocycles. The first kappa shape index (κ1) is 21.9. The Morgan fingerprint density at radius 2 is 1.80 bits per heavy atom. The molecule has 1 atom stereocenters. The molecule has 0 saturated heterocycles. The molecule has 2 aromatic carbocycles. The molecule has 0 radical (unpaired) electrons. The van der Waals surface area contributed by atoms with Crippen LogP contribution in [0, 0.1) is 0 Å². The van der Waals surface area contributed by atoms with Gasteiger partial charge in [-0.15, -0.1) is 10.2 Å². The Labute approximate surface area is 182 Å². The number of thioether (sulfide) groups is 1. The van der Waals surface area contributed by atoms with Crippen LogP contribution in [0.2, 0.25) is 0 Å². The van der Waals surface area contributed by atoms with Crippen LogP contribution < -0.4 is 10.1 Å². The second-order valence-corrected chi connectivity index (χ2v) is 7.99. The largest absolute Gasteiger partial charge is 0.497 e.